The molecule has 1 aliphatic carbocycles. The molecule has 174 valence electrons. The van der Waals surface area contributed by atoms with Gasteiger partial charge in [0.25, 0.3) is 5.91 Å². The fourth-order valence-corrected chi connectivity index (χ4v) is 4.08. The zero-order chi connectivity index (χ0) is 23.8. The Hall–Kier alpha value is -3.67. The molecule has 1 fully saturated rings. The number of hydrogen-bond donors (Lipinski definition) is 1. The highest BCUT2D eigenvalue weighted by molar-refractivity contribution is 6.02. The highest BCUT2D eigenvalue weighted by Gasteiger charge is 2.26. The van der Waals surface area contributed by atoms with Crippen LogP contribution in [0.3, 0.4) is 0 Å². The van der Waals surface area contributed by atoms with Gasteiger partial charge in [-0.05, 0) is 43.7 Å². The summed E-state index contributed by atoms with van der Waals surface area (Å²) in [4.78, 5) is 15.1. The number of rotatable bonds is 10. The third kappa shape index (κ3) is 5.77. The number of allylic oxidation sites excluding steroid dienone is 4. The first-order valence-electron chi connectivity index (χ1n) is 11.1. The number of nitrogens with one attached hydrogen (secondary N) is 1. The molecule has 3 rings (SSSR count). The molecule has 1 N–H and O–H groups in total. The molecule has 1 heterocycles. The lowest BCUT2D eigenvalue weighted by molar-refractivity contribution is 0.0996. The van der Waals surface area contributed by atoms with Crippen molar-refractivity contribution < 1.29 is 18.7 Å². The van der Waals surface area contributed by atoms with Gasteiger partial charge in [0, 0.05) is 29.9 Å². The molecule has 0 saturated heterocycles. The molecule has 1 amide bonds. The Labute approximate surface area is 195 Å². The van der Waals surface area contributed by atoms with E-state index in [0.29, 0.717) is 29.0 Å². The van der Waals surface area contributed by atoms with Crippen LogP contribution in [0.1, 0.15) is 48.9 Å². The van der Waals surface area contributed by atoms with Gasteiger partial charge < -0.3 is 24.1 Å². The molecule has 0 spiro atoms. The third-order valence-corrected chi connectivity index (χ3v) is 5.70. The Balaban J connectivity index is 1.91. The smallest absolute Gasteiger partial charge is 0.291 e. The SMILES string of the molecule is C=C/C=C/C(C)=C(\c1ccc(C(=O)Nc2cc(OC)cc(OC)c2)o1)N(C=C)C1CCCC1. The van der Waals surface area contributed by atoms with Crippen molar-refractivity contribution in [1.82, 2.24) is 4.90 Å². The monoisotopic (exact) mass is 448 g/mol. The quantitative estimate of drug-likeness (QED) is 0.426. The summed E-state index contributed by atoms with van der Waals surface area (Å²) in [5.74, 6) is 1.62. The zero-order valence-electron chi connectivity index (χ0n) is 19.6. The van der Waals surface area contributed by atoms with E-state index >= 15 is 0 Å². The van der Waals surface area contributed by atoms with Crippen LogP contribution in [0.2, 0.25) is 0 Å². The van der Waals surface area contributed by atoms with Crippen molar-refractivity contribution in [2.45, 2.75) is 38.6 Å². The average molecular weight is 449 g/mol. The predicted octanol–water partition coefficient (Wildman–Crippen LogP) is 6.41. The number of amides is 1. The minimum absolute atomic E-state index is 0.209. The molecule has 0 aliphatic heterocycles. The summed E-state index contributed by atoms with van der Waals surface area (Å²) >= 11 is 0. The van der Waals surface area contributed by atoms with E-state index in [0.717, 1.165) is 24.1 Å². The van der Waals surface area contributed by atoms with Crippen molar-refractivity contribution in [3.8, 4) is 11.5 Å². The van der Waals surface area contributed by atoms with Gasteiger partial charge in [0.15, 0.2) is 11.5 Å². The molecule has 2 aromatic rings. The summed E-state index contributed by atoms with van der Waals surface area (Å²) in [6.45, 7) is 9.83. The number of hydrogen-bond acceptors (Lipinski definition) is 5. The van der Waals surface area contributed by atoms with Gasteiger partial charge in [0.05, 0.1) is 19.9 Å². The topological polar surface area (TPSA) is 63.9 Å². The number of anilines is 1. The van der Waals surface area contributed by atoms with Crippen molar-refractivity contribution in [2.24, 2.45) is 0 Å². The van der Waals surface area contributed by atoms with E-state index in [1.54, 1.807) is 44.6 Å². The maximum Gasteiger partial charge on any atom is 0.291 e. The number of benzene rings is 1. The van der Waals surface area contributed by atoms with E-state index in [9.17, 15) is 4.79 Å². The first-order chi connectivity index (χ1) is 16.0. The summed E-state index contributed by atoms with van der Waals surface area (Å²) < 4.78 is 16.6. The molecular weight excluding hydrogens is 416 g/mol. The van der Waals surface area contributed by atoms with Gasteiger partial charge in [-0.25, -0.2) is 0 Å². The Morgan fingerprint density at radius 1 is 1.09 bits per heavy atom. The summed E-state index contributed by atoms with van der Waals surface area (Å²) in [7, 11) is 3.12. The van der Waals surface area contributed by atoms with Crippen LogP contribution in [0.15, 0.2) is 77.9 Å². The van der Waals surface area contributed by atoms with E-state index in [1.165, 1.54) is 12.8 Å². The molecule has 6 heteroatoms. The van der Waals surface area contributed by atoms with E-state index < -0.39 is 0 Å². The Kier molecular flexibility index (Phi) is 8.19. The molecule has 1 aliphatic rings. The van der Waals surface area contributed by atoms with Crippen LogP contribution in [-0.2, 0) is 0 Å². The third-order valence-electron chi connectivity index (χ3n) is 5.70. The largest absolute Gasteiger partial charge is 0.497 e. The van der Waals surface area contributed by atoms with Crippen LogP contribution in [0.4, 0.5) is 5.69 Å². The second-order valence-electron chi connectivity index (χ2n) is 7.87. The predicted molar refractivity (Wildman–Crippen MR) is 132 cm³/mol. The molecule has 1 aromatic carbocycles. The molecule has 0 unspecified atom stereocenters. The van der Waals surface area contributed by atoms with Gasteiger partial charge in [-0.2, -0.15) is 0 Å². The number of nitrogens with zero attached hydrogens (tertiary/aromatic N) is 1. The van der Waals surface area contributed by atoms with Crippen LogP contribution >= 0.6 is 0 Å². The van der Waals surface area contributed by atoms with Gasteiger partial charge in [-0.15, -0.1) is 0 Å². The first kappa shape index (κ1) is 24.0. The molecule has 33 heavy (non-hydrogen) atoms. The molecular formula is C27H32N2O4. The average Bonchev–Trinajstić information content (AvgIpc) is 3.53. The van der Waals surface area contributed by atoms with Crippen molar-refractivity contribution in [2.75, 3.05) is 19.5 Å². The highest BCUT2D eigenvalue weighted by Crippen LogP contribution is 2.34. The summed E-state index contributed by atoms with van der Waals surface area (Å²) in [6, 6.07) is 9.05. The Morgan fingerprint density at radius 3 is 2.30 bits per heavy atom. The lowest BCUT2D eigenvalue weighted by Gasteiger charge is -2.30. The molecule has 6 nitrogen and oxygen atoms in total. The van der Waals surface area contributed by atoms with Gasteiger partial charge in [0.2, 0.25) is 0 Å². The number of methoxy groups -OCH3 is 2. The fraction of sp³-hybridized carbons (Fsp3) is 0.296. The van der Waals surface area contributed by atoms with Crippen molar-refractivity contribution in [1.29, 1.82) is 0 Å². The van der Waals surface area contributed by atoms with Crippen LogP contribution in [0, 0.1) is 0 Å². The number of carbonyl (C=O) groups is 1. The minimum atomic E-state index is -0.360. The normalized spacial score (nSPS) is 14.6. The second kappa shape index (κ2) is 11.3. The zero-order valence-corrected chi connectivity index (χ0v) is 19.6. The number of carbonyl (C=O) groups excluding carboxylic acids is 1. The van der Waals surface area contributed by atoms with E-state index in [1.807, 2.05) is 31.3 Å². The van der Waals surface area contributed by atoms with Crippen LogP contribution < -0.4 is 14.8 Å². The van der Waals surface area contributed by atoms with Crippen molar-refractivity contribution in [3.63, 3.8) is 0 Å². The first-order valence-corrected chi connectivity index (χ1v) is 11.1. The van der Waals surface area contributed by atoms with Crippen molar-refractivity contribution in [3.05, 3.63) is 85.0 Å². The van der Waals surface area contributed by atoms with Gasteiger partial charge in [-0.3, -0.25) is 4.79 Å². The van der Waals surface area contributed by atoms with E-state index in [2.05, 4.69) is 23.4 Å². The van der Waals surface area contributed by atoms with Crippen molar-refractivity contribution >= 4 is 17.3 Å². The number of ether oxygens (including phenoxy) is 2. The molecule has 0 bridgehead atoms. The maximum atomic E-state index is 12.9. The number of furan rings is 1. The van der Waals surface area contributed by atoms with Crippen LogP contribution in [-0.4, -0.2) is 31.1 Å². The lowest BCUT2D eigenvalue weighted by Crippen LogP contribution is -2.27. The van der Waals surface area contributed by atoms with E-state index in [4.69, 9.17) is 13.9 Å². The Morgan fingerprint density at radius 2 is 1.73 bits per heavy atom. The summed E-state index contributed by atoms with van der Waals surface area (Å²) in [6.07, 6.45) is 12.0. The molecule has 1 aromatic heterocycles. The molecule has 0 radical (unpaired) electrons. The fourth-order valence-electron chi connectivity index (χ4n) is 4.08. The lowest BCUT2D eigenvalue weighted by atomic mass is 10.1. The molecule has 1 saturated carbocycles. The van der Waals surface area contributed by atoms with Gasteiger partial charge in [0.1, 0.15) is 11.5 Å². The standard InChI is InChI=1S/C27H32N2O4/c1-6-8-11-19(3)26(29(7-2)21-12-9-10-13-21)24-14-15-25(33-24)27(30)28-20-16-22(31-4)18-23(17-20)32-5/h6-8,11,14-18,21H,1-2,9-10,12-13H2,3-5H3,(H,28,30)/b11-8+,26-19+. The Bertz CT molecular complexity index is 1040. The minimum Gasteiger partial charge on any atom is -0.497 e. The van der Waals surface area contributed by atoms with Crippen LogP contribution in [0.25, 0.3) is 5.70 Å². The summed E-state index contributed by atoms with van der Waals surface area (Å²) in [5.41, 5.74) is 2.45. The second-order valence-corrected chi connectivity index (χ2v) is 7.87. The van der Waals surface area contributed by atoms with E-state index in [-0.39, 0.29) is 11.7 Å². The highest BCUT2D eigenvalue weighted by atomic mass is 16.5. The van der Waals surface area contributed by atoms with Gasteiger partial charge >= 0.3 is 0 Å². The van der Waals surface area contributed by atoms with Crippen LogP contribution in [0.5, 0.6) is 11.5 Å². The maximum absolute atomic E-state index is 12.9. The molecule has 0 atom stereocenters. The summed E-state index contributed by atoms with van der Waals surface area (Å²) in [5, 5.41) is 2.85. The van der Waals surface area contributed by atoms with Gasteiger partial charge in [-0.1, -0.05) is 44.2 Å².